The van der Waals surface area contributed by atoms with E-state index in [9.17, 15) is 0 Å². The zero-order chi connectivity index (χ0) is 10.9. The molecule has 1 atom stereocenters. The molecule has 2 nitrogen and oxygen atoms in total. The fraction of sp³-hybridized carbons (Fsp3) is 0.538. The number of hydrogen-bond donors (Lipinski definition) is 0. The highest BCUT2D eigenvalue weighted by Gasteiger charge is 2.40. The highest BCUT2D eigenvalue weighted by atomic mass is 16.6. The van der Waals surface area contributed by atoms with Crippen LogP contribution in [0.25, 0.3) is 0 Å². The van der Waals surface area contributed by atoms with Gasteiger partial charge in [-0.3, -0.25) is 0 Å². The molecule has 0 N–H and O–H groups in total. The van der Waals surface area contributed by atoms with E-state index in [1.165, 1.54) is 5.56 Å². The zero-order valence-corrected chi connectivity index (χ0v) is 9.62. The molecule has 1 aliphatic heterocycles. The molecule has 0 aromatic heterocycles. The van der Waals surface area contributed by atoms with Crippen LogP contribution in [0.15, 0.2) is 24.3 Å². The average molecular weight is 206 g/mol. The molecule has 0 radical (unpaired) electrons. The van der Waals surface area contributed by atoms with Crippen LogP contribution in [0, 0.1) is 0 Å². The predicted molar refractivity (Wildman–Crippen MR) is 60.4 cm³/mol. The minimum atomic E-state index is -0.0376. The number of epoxide rings is 1. The summed E-state index contributed by atoms with van der Waals surface area (Å²) in [6, 6.07) is 8.21. The molecule has 0 bridgehead atoms. The summed E-state index contributed by atoms with van der Waals surface area (Å²) < 4.78 is 11.1. The molecular formula is C13H18O2. The maximum absolute atomic E-state index is 5.80. The van der Waals surface area contributed by atoms with E-state index in [2.05, 4.69) is 32.9 Å². The van der Waals surface area contributed by atoms with E-state index in [0.717, 1.165) is 12.4 Å². The summed E-state index contributed by atoms with van der Waals surface area (Å²) in [5, 5.41) is 0. The van der Waals surface area contributed by atoms with Crippen molar-refractivity contribution in [2.24, 2.45) is 0 Å². The summed E-state index contributed by atoms with van der Waals surface area (Å²) in [6.45, 7) is 7.90. The van der Waals surface area contributed by atoms with Gasteiger partial charge in [-0.1, -0.05) is 32.0 Å². The van der Waals surface area contributed by atoms with Gasteiger partial charge in [0, 0.05) is 0 Å². The van der Waals surface area contributed by atoms with Crippen molar-refractivity contribution in [1.82, 2.24) is 0 Å². The van der Waals surface area contributed by atoms with Crippen LogP contribution in [-0.4, -0.2) is 18.8 Å². The Labute approximate surface area is 91.2 Å². The minimum absolute atomic E-state index is 0.0376. The van der Waals surface area contributed by atoms with Crippen LogP contribution < -0.4 is 4.74 Å². The lowest BCUT2D eigenvalue weighted by Crippen LogP contribution is -2.17. The molecule has 1 aromatic rings. The van der Waals surface area contributed by atoms with Crippen molar-refractivity contribution >= 4 is 0 Å². The van der Waals surface area contributed by atoms with Gasteiger partial charge in [-0.2, -0.15) is 0 Å². The third kappa shape index (κ3) is 2.51. The Morgan fingerprint density at radius 3 is 2.67 bits per heavy atom. The van der Waals surface area contributed by atoms with Crippen molar-refractivity contribution in [3.05, 3.63) is 29.8 Å². The molecule has 0 saturated carbocycles. The van der Waals surface area contributed by atoms with E-state index in [1.54, 1.807) is 0 Å². The number of rotatable bonds is 4. The largest absolute Gasteiger partial charge is 0.490 e. The first-order valence-electron chi connectivity index (χ1n) is 5.46. The summed E-state index contributed by atoms with van der Waals surface area (Å²) >= 11 is 0. The molecule has 1 aliphatic rings. The normalized spacial score (nSPS) is 24.3. The summed E-state index contributed by atoms with van der Waals surface area (Å²) in [5.41, 5.74) is 1.23. The van der Waals surface area contributed by atoms with Crippen molar-refractivity contribution in [3.8, 4) is 5.75 Å². The monoisotopic (exact) mass is 206 g/mol. The first-order chi connectivity index (χ1) is 7.11. The number of benzene rings is 1. The Morgan fingerprint density at radius 1 is 1.40 bits per heavy atom. The number of para-hydroxylation sites is 1. The van der Waals surface area contributed by atoms with Gasteiger partial charge >= 0.3 is 0 Å². The van der Waals surface area contributed by atoms with Gasteiger partial charge < -0.3 is 9.47 Å². The Morgan fingerprint density at radius 2 is 2.07 bits per heavy atom. The molecule has 15 heavy (non-hydrogen) atoms. The van der Waals surface area contributed by atoms with E-state index in [1.807, 2.05) is 12.1 Å². The number of ether oxygens (including phenoxy) is 2. The second-order valence-corrected chi connectivity index (χ2v) is 4.72. The maximum atomic E-state index is 5.80. The summed E-state index contributed by atoms with van der Waals surface area (Å²) in [6.07, 6.45) is 0. The molecule has 2 heteroatoms. The Bertz CT molecular complexity index is 340. The summed E-state index contributed by atoms with van der Waals surface area (Å²) in [5.74, 6) is 1.48. The molecule has 0 spiro atoms. The van der Waals surface area contributed by atoms with Crippen LogP contribution in [-0.2, 0) is 4.74 Å². The van der Waals surface area contributed by atoms with Crippen LogP contribution in [0.5, 0.6) is 5.75 Å². The molecule has 1 fully saturated rings. The lowest BCUT2D eigenvalue weighted by molar-refractivity contribution is 0.201. The first-order valence-corrected chi connectivity index (χ1v) is 5.46. The SMILES string of the molecule is CC(C)c1ccccc1OCC1(C)CO1. The molecule has 82 valence electrons. The van der Waals surface area contributed by atoms with Crippen LogP contribution in [0.2, 0.25) is 0 Å². The van der Waals surface area contributed by atoms with Gasteiger partial charge in [-0.05, 0) is 24.5 Å². The number of hydrogen-bond acceptors (Lipinski definition) is 2. The molecule has 0 amide bonds. The van der Waals surface area contributed by atoms with Crippen molar-refractivity contribution in [2.45, 2.75) is 32.3 Å². The second kappa shape index (κ2) is 3.86. The van der Waals surface area contributed by atoms with Gasteiger partial charge in [-0.25, -0.2) is 0 Å². The predicted octanol–water partition coefficient (Wildman–Crippen LogP) is 2.98. The zero-order valence-electron chi connectivity index (χ0n) is 9.62. The average Bonchev–Trinajstić information content (AvgIpc) is 2.95. The van der Waals surface area contributed by atoms with Crippen molar-refractivity contribution in [3.63, 3.8) is 0 Å². The third-order valence-electron chi connectivity index (χ3n) is 2.71. The molecule has 1 unspecified atom stereocenters. The van der Waals surface area contributed by atoms with Gasteiger partial charge in [0.25, 0.3) is 0 Å². The van der Waals surface area contributed by atoms with Crippen LogP contribution in [0.4, 0.5) is 0 Å². The summed E-state index contributed by atoms with van der Waals surface area (Å²) in [4.78, 5) is 0. The van der Waals surface area contributed by atoms with Crippen LogP contribution >= 0.6 is 0 Å². The fourth-order valence-corrected chi connectivity index (χ4v) is 1.53. The van der Waals surface area contributed by atoms with Gasteiger partial charge in [0.15, 0.2) is 0 Å². The molecule has 1 heterocycles. The van der Waals surface area contributed by atoms with E-state index < -0.39 is 0 Å². The van der Waals surface area contributed by atoms with Crippen molar-refractivity contribution in [2.75, 3.05) is 13.2 Å². The molecule has 1 saturated heterocycles. The smallest absolute Gasteiger partial charge is 0.123 e. The third-order valence-corrected chi connectivity index (χ3v) is 2.71. The topological polar surface area (TPSA) is 21.8 Å². The van der Waals surface area contributed by atoms with Gasteiger partial charge in [0.05, 0.1) is 6.61 Å². The van der Waals surface area contributed by atoms with Crippen molar-refractivity contribution in [1.29, 1.82) is 0 Å². The highest BCUT2D eigenvalue weighted by Crippen LogP contribution is 2.30. The Balaban J connectivity index is 2.06. The van der Waals surface area contributed by atoms with Gasteiger partial charge in [0.1, 0.15) is 18.0 Å². The maximum Gasteiger partial charge on any atom is 0.123 e. The van der Waals surface area contributed by atoms with Crippen LogP contribution in [0.3, 0.4) is 0 Å². The van der Waals surface area contributed by atoms with Gasteiger partial charge in [-0.15, -0.1) is 0 Å². The lowest BCUT2D eigenvalue weighted by Gasteiger charge is -2.14. The molecule has 0 aliphatic carbocycles. The van der Waals surface area contributed by atoms with Crippen LogP contribution in [0.1, 0.15) is 32.3 Å². The Hall–Kier alpha value is -1.02. The van der Waals surface area contributed by atoms with Gasteiger partial charge in [0.2, 0.25) is 0 Å². The fourth-order valence-electron chi connectivity index (χ4n) is 1.53. The molecule has 1 aromatic carbocycles. The standard InChI is InChI=1S/C13H18O2/c1-10(2)11-6-4-5-7-12(11)14-8-13(3)9-15-13/h4-7,10H,8-9H2,1-3H3. The van der Waals surface area contributed by atoms with E-state index in [4.69, 9.17) is 9.47 Å². The quantitative estimate of drug-likeness (QED) is 0.706. The highest BCUT2D eigenvalue weighted by molar-refractivity contribution is 5.35. The van der Waals surface area contributed by atoms with Crippen molar-refractivity contribution < 1.29 is 9.47 Å². The minimum Gasteiger partial charge on any atom is -0.490 e. The van der Waals surface area contributed by atoms with E-state index in [-0.39, 0.29) is 5.60 Å². The molecular weight excluding hydrogens is 188 g/mol. The van der Waals surface area contributed by atoms with E-state index >= 15 is 0 Å². The Kier molecular flexibility index (Phi) is 2.70. The summed E-state index contributed by atoms with van der Waals surface area (Å²) in [7, 11) is 0. The first kappa shape index (κ1) is 10.5. The molecule has 2 rings (SSSR count). The lowest BCUT2D eigenvalue weighted by atomic mass is 10.0. The second-order valence-electron chi connectivity index (χ2n) is 4.72. The van der Waals surface area contributed by atoms with E-state index in [0.29, 0.717) is 12.5 Å².